The second-order valence-corrected chi connectivity index (χ2v) is 4.15. The van der Waals surface area contributed by atoms with E-state index in [1.54, 1.807) is 7.11 Å². The molecule has 19 heavy (non-hydrogen) atoms. The molecule has 3 aromatic rings. The van der Waals surface area contributed by atoms with Crippen LogP contribution < -0.4 is 16.2 Å². The second-order valence-electron chi connectivity index (χ2n) is 4.15. The number of hydrogen-bond acceptors (Lipinski definition) is 6. The number of nitrogen functional groups attached to an aromatic ring is 1. The van der Waals surface area contributed by atoms with E-state index in [1.165, 1.54) is 0 Å². The van der Waals surface area contributed by atoms with Gasteiger partial charge in [0.1, 0.15) is 17.4 Å². The maximum Gasteiger partial charge on any atom is 0.165 e. The lowest BCUT2D eigenvalue weighted by molar-refractivity contribution is 0.415. The Morgan fingerprint density at radius 1 is 1.16 bits per heavy atom. The fraction of sp³-hybridized carbons (Fsp3) is 0.154. The highest BCUT2D eigenvalue weighted by Gasteiger charge is 2.08. The molecule has 0 radical (unpaired) electrons. The molecule has 3 rings (SSSR count). The average molecular weight is 255 g/mol. The Kier molecular flexibility index (Phi) is 2.64. The van der Waals surface area contributed by atoms with Crippen molar-refractivity contribution in [2.24, 2.45) is 5.73 Å². The van der Waals surface area contributed by atoms with E-state index in [0.29, 0.717) is 17.3 Å². The molecule has 4 N–H and O–H groups in total. The predicted octanol–water partition coefficient (Wildman–Crippen LogP) is 1.23. The molecule has 2 heterocycles. The van der Waals surface area contributed by atoms with Crippen molar-refractivity contribution < 1.29 is 4.74 Å². The first-order valence-corrected chi connectivity index (χ1v) is 5.82. The van der Waals surface area contributed by atoms with E-state index in [4.69, 9.17) is 16.2 Å². The number of benzene rings is 1. The van der Waals surface area contributed by atoms with E-state index < -0.39 is 0 Å². The Morgan fingerprint density at radius 2 is 2.00 bits per heavy atom. The van der Waals surface area contributed by atoms with Crippen LogP contribution in [-0.4, -0.2) is 22.1 Å². The van der Waals surface area contributed by atoms with Crippen molar-refractivity contribution in [3.63, 3.8) is 0 Å². The molecule has 1 aromatic carbocycles. The zero-order valence-corrected chi connectivity index (χ0v) is 10.4. The molecule has 96 valence electrons. The largest absolute Gasteiger partial charge is 0.497 e. The topological polar surface area (TPSA) is 99.9 Å². The van der Waals surface area contributed by atoms with Crippen molar-refractivity contribution >= 4 is 27.8 Å². The molecule has 0 unspecified atom stereocenters. The summed E-state index contributed by atoms with van der Waals surface area (Å²) >= 11 is 0. The van der Waals surface area contributed by atoms with Crippen LogP contribution >= 0.6 is 0 Å². The molecule has 2 aromatic heterocycles. The number of rotatable bonds is 2. The lowest BCUT2D eigenvalue weighted by Gasteiger charge is -2.06. The number of fused-ring (bicyclic) bond motifs is 2. The van der Waals surface area contributed by atoms with Gasteiger partial charge in [0, 0.05) is 5.39 Å². The van der Waals surface area contributed by atoms with Gasteiger partial charge in [-0.2, -0.15) is 0 Å². The fourth-order valence-electron chi connectivity index (χ4n) is 1.98. The predicted molar refractivity (Wildman–Crippen MR) is 73.7 cm³/mol. The molecule has 0 aliphatic heterocycles. The summed E-state index contributed by atoms with van der Waals surface area (Å²) in [6.07, 6.45) is 0. The van der Waals surface area contributed by atoms with Gasteiger partial charge in [-0.1, -0.05) is 0 Å². The van der Waals surface area contributed by atoms with E-state index in [9.17, 15) is 0 Å². The first-order chi connectivity index (χ1) is 9.21. The number of anilines is 1. The highest BCUT2D eigenvalue weighted by atomic mass is 16.5. The zero-order valence-electron chi connectivity index (χ0n) is 10.4. The van der Waals surface area contributed by atoms with E-state index in [1.807, 2.05) is 24.3 Å². The molecule has 0 saturated carbocycles. The lowest BCUT2D eigenvalue weighted by atomic mass is 10.1. The van der Waals surface area contributed by atoms with Crippen molar-refractivity contribution in [1.29, 1.82) is 0 Å². The van der Waals surface area contributed by atoms with Gasteiger partial charge >= 0.3 is 0 Å². The molecule has 0 aliphatic rings. The van der Waals surface area contributed by atoms with Gasteiger partial charge in [-0.3, -0.25) is 0 Å². The molecule has 6 heteroatoms. The molecule has 6 nitrogen and oxygen atoms in total. The van der Waals surface area contributed by atoms with E-state index in [2.05, 4.69) is 15.0 Å². The zero-order chi connectivity index (χ0) is 13.4. The SMILES string of the molecule is COc1ccc2nc3nc(CN)nc(N)c3cc2c1. The van der Waals surface area contributed by atoms with Gasteiger partial charge in [0.05, 0.1) is 24.6 Å². The van der Waals surface area contributed by atoms with Crippen molar-refractivity contribution in [2.75, 3.05) is 12.8 Å². The highest BCUT2D eigenvalue weighted by Crippen LogP contribution is 2.25. The van der Waals surface area contributed by atoms with Crippen LogP contribution in [0.4, 0.5) is 5.82 Å². The summed E-state index contributed by atoms with van der Waals surface area (Å²) in [6.45, 7) is 0.239. The molecule has 0 bridgehead atoms. The normalized spacial score (nSPS) is 11.1. The van der Waals surface area contributed by atoms with E-state index in [-0.39, 0.29) is 6.54 Å². The van der Waals surface area contributed by atoms with Crippen LogP contribution in [-0.2, 0) is 6.54 Å². The van der Waals surface area contributed by atoms with Gasteiger partial charge in [-0.15, -0.1) is 0 Å². The molecule has 0 amide bonds. The molecule has 0 saturated heterocycles. The summed E-state index contributed by atoms with van der Waals surface area (Å²) in [5.74, 6) is 1.65. The Balaban J connectivity index is 2.34. The fourth-order valence-corrected chi connectivity index (χ4v) is 1.98. The van der Waals surface area contributed by atoms with Crippen molar-refractivity contribution in [3.05, 3.63) is 30.1 Å². The number of nitrogens with two attached hydrogens (primary N) is 2. The highest BCUT2D eigenvalue weighted by molar-refractivity contribution is 5.96. The Bertz CT molecular complexity index is 772. The van der Waals surface area contributed by atoms with Gasteiger partial charge in [0.2, 0.25) is 0 Å². The summed E-state index contributed by atoms with van der Waals surface area (Å²) in [4.78, 5) is 12.9. The number of pyridine rings is 1. The van der Waals surface area contributed by atoms with Crippen molar-refractivity contribution in [3.8, 4) is 5.75 Å². The number of ether oxygens (including phenoxy) is 1. The smallest absolute Gasteiger partial charge is 0.165 e. The Hall–Kier alpha value is -2.47. The average Bonchev–Trinajstić information content (AvgIpc) is 2.44. The van der Waals surface area contributed by atoms with Gasteiger partial charge in [-0.25, -0.2) is 15.0 Å². The van der Waals surface area contributed by atoms with Crippen LogP contribution in [0.15, 0.2) is 24.3 Å². The summed E-state index contributed by atoms with van der Waals surface area (Å²) in [7, 11) is 1.63. The van der Waals surface area contributed by atoms with Gasteiger partial charge < -0.3 is 16.2 Å². The van der Waals surface area contributed by atoms with Crippen molar-refractivity contribution in [1.82, 2.24) is 15.0 Å². The summed E-state index contributed by atoms with van der Waals surface area (Å²) < 4.78 is 5.19. The molecule has 0 spiro atoms. The van der Waals surface area contributed by atoms with Gasteiger partial charge in [-0.05, 0) is 24.3 Å². The number of hydrogen-bond donors (Lipinski definition) is 2. The molecular formula is C13H13N5O. The number of nitrogens with zero attached hydrogens (tertiary/aromatic N) is 3. The third kappa shape index (κ3) is 1.92. The number of methoxy groups -OCH3 is 1. The number of aromatic nitrogens is 3. The van der Waals surface area contributed by atoms with Crippen LogP contribution in [0.3, 0.4) is 0 Å². The van der Waals surface area contributed by atoms with Gasteiger partial charge in [0.25, 0.3) is 0 Å². The van der Waals surface area contributed by atoms with E-state index >= 15 is 0 Å². The molecule has 0 aliphatic carbocycles. The van der Waals surface area contributed by atoms with Crippen LogP contribution in [0.25, 0.3) is 21.9 Å². The summed E-state index contributed by atoms with van der Waals surface area (Å²) in [6, 6.07) is 7.55. The third-order valence-electron chi connectivity index (χ3n) is 2.94. The standard InChI is InChI=1S/C13H13N5O/c1-19-8-2-3-10-7(4-8)5-9-12(15)17-11(6-14)18-13(9)16-10/h2-5H,6,14H2,1H3,(H2,15,16,17,18). The minimum absolute atomic E-state index is 0.239. The minimum Gasteiger partial charge on any atom is -0.497 e. The van der Waals surface area contributed by atoms with Crippen molar-refractivity contribution in [2.45, 2.75) is 6.54 Å². The minimum atomic E-state index is 0.239. The first-order valence-electron chi connectivity index (χ1n) is 5.82. The monoisotopic (exact) mass is 255 g/mol. The lowest BCUT2D eigenvalue weighted by Crippen LogP contribution is -2.06. The maximum atomic E-state index is 5.92. The summed E-state index contributed by atoms with van der Waals surface area (Å²) in [5.41, 5.74) is 12.8. The van der Waals surface area contributed by atoms with Gasteiger partial charge in [0.15, 0.2) is 5.65 Å². The van der Waals surface area contributed by atoms with Crippen LogP contribution in [0.5, 0.6) is 5.75 Å². The quantitative estimate of drug-likeness (QED) is 0.668. The summed E-state index contributed by atoms with van der Waals surface area (Å²) in [5, 5.41) is 1.65. The second kappa shape index (κ2) is 4.33. The van der Waals surface area contributed by atoms with Crippen LogP contribution in [0, 0.1) is 0 Å². The third-order valence-corrected chi connectivity index (χ3v) is 2.94. The van der Waals surface area contributed by atoms with Crippen LogP contribution in [0.2, 0.25) is 0 Å². The maximum absolute atomic E-state index is 5.92. The Morgan fingerprint density at radius 3 is 2.74 bits per heavy atom. The Labute approximate surface area is 109 Å². The van der Waals surface area contributed by atoms with E-state index in [0.717, 1.165) is 22.0 Å². The molecule has 0 atom stereocenters. The first kappa shape index (κ1) is 11.6. The molecule has 0 fully saturated rings. The molecular weight excluding hydrogens is 242 g/mol. The van der Waals surface area contributed by atoms with Crippen LogP contribution in [0.1, 0.15) is 5.82 Å².